The quantitative estimate of drug-likeness (QED) is 0.825. The van der Waals surface area contributed by atoms with E-state index in [1.165, 1.54) is 0 Å². The van der Waals surface area contributed by atoms with E-state index in [4.69, 9.17) is 10.2 Å². The Labute approximate surface area is 120 Å². The third kappa shape index (κ3) is 3.60. The predicted octanol–water partition coefficient (Wildman–Crippen LogP) is 1.90. The summed E-state index contributed by atoms with van der Waals surface area (Å²) in [6.45, 7) is 1.88. The lowest BCUT2D eigenvalue weighted by Gasteiger charge is -2.11. The summed E-state index contributed by atoms with van der Waals surface area (Å²) >= 11 is 0. The Hall–Kier alpha value is -1.82. The van der Waals surface area contributed by atoms with Crippen molar-refractivity contribution in [3.05, 3.63) is 30.0 Å². The molecule has 0 radical (unpaired) electrons. The molecule has 108 valence electrons. The number of rotatable bonds is 5. The first-order valence-electron chi connectivity index (χ1n) is 6.35. The fourth-order valence-corrected chi connectivity index (χ4v) is 2.57. The van der Waals surface area contributed by atoms with E-state index in [1.807, 2.05) is 6.92 Å². The molecule has 0 aliphatic rings. The number of carbonyl (C=O) groups excluding carboxylic acids is 1. The van der Waals surface area contributed by atoms with Crippen LogP contribution in [-0.2, 0) is 10.8 Å². The molecule has 2 unspecified atom stereocenters. The van der Waals surface area contributed by atoms with Gasteiger partial charge in [-0.15, -0.1) is 0 Å². The molecule has 0 aliphatic heterocycles. The number of furan rings is 1. The van der Waals surface area contributed by atoms with Crippen LogP contribution < -0.4 is 11.1 Å². The van der Waals surface area contributed by atoms with Crippen molar-refractivity contribution in [2.75, 3.05) is 17.7 Å². The predicted molar refractivity (Wildman–Crippen MR) is 81.1 cm³/mol. The van der Waals surface area contributed by atoms with Gasteiger partial charge in [0.2, 0.25) is 0 Å². The van der Waals surface area contributed by atoms with Gasteiger partial charge in [0, 0.05) is 39.9 Å². The molecule has 0 fully saturated rings. The van der Waals surface area contributed by atoms with E-state index in [1.54, 1.807) is 30.5 Å². The molecule has 5 nitrogen and oxygen atoms in total. The van der Waals surface area contributed by atoms with Gasteiger partial charge in [0.05, 0.1) is 0 Å². The van der Waals surface area contributed by atoms with Crippen LogP contribution in [0.3, 0.4) is 0 Å². The molecule has 0 bridgehead atoms. The van der Waals surface area contributed by atoms with Gasteiger partial charge in [0.25, 0.3) is 5.91 Å². The first-order chi connectivity index (χ1) is 9.45. The SMILES string of the molecule is CC(CCS(C)=O)NC(=O)c1cc2cc(N)ccc2o1. The number of amides is 1. The van der Waals surface area contributed by atoms with Crippen molar-refractivity contribution in [3.63, 3.8) is 0 Å². The summed E-state index contributed by atoms with van der Waals surface area (Å²) in [6, 6.07) is 6.85. The van der Waals surface area contributed by atoms with Gasteiger partial charge in [0.1, 0.15) is 5.58 Å². The minimum absolute atomic E-state index is 0.0512. The summed E-state index contributed by atoms with van der Waals surface area (Å²) in [5, 5.41) is 3.63. The fourth-order valence-electron chi connectivity index (χ4n) is 1.88. The van der Waals surface area contributed by atoms with Crippen LogP contribution in [0.5, 0.6) is 0 Å². The number of hydrogen-bond acceptors (Lipinski definition) is 4. The number of hydrogen-bond donors (Lipinski definition) is 2. The summed E-state index contributed by atoms with van der Waals surface area (Å²) in [5.41, 5.74) is 6.95. The third-order valence-corrected chi connectivity index (χ3v) is 3.79. The summed E-state index contributed by atoms with van der Waals surface area (Å²) in [6.07, 6.45) is 2.32. The van der Waals surface area contributed by atoms with Gasteiger partial charge in [-0.25, -0.2) is 0 Å². The monoisotopic (exact) mass is 294 g/mol. The number of anilines is 1. The molecule has 1 heterocycles. The van der Waals surface area contributed by atoms with Gasteiger partial charge in [0.15, 0.2) is 5.76 Å². The summed E-state index contributed by atoms with van der Waals surface area (Å²) in [4.78, 5) is 12.0. The van der Waals surface area contributed by atoms with Crippen LogP contribution >= 0.6 is 0 Å². The van der Waals surface area contributed by atoms with E-state index < -0.39 is 10.8 Å². The minimum Gasteiger partial charge on any atom is -0.451 e. The van der Waals surface area contributed by atoms with Gasteiger partial charge < -0.3 is 15.5 Å². The van der Waals surface area contributed by atoms with E-state index in [-0.39, 0.29) is 17.7 Å². The minimum atomic E-state index is -0.849. The Kier molecular flexibility index (Phi) is 4.44. The molecular formula is C14H18N2O3S. The van der Waals surface area contributed by atoms with Crippen molar-refractivity contribution in [3.8, 4) is 0 Å². The van der Waals surface area contributed by atoms with E-state index >= 15 is 0 Å². The number of benzene rings is 1. The second-order valence-electron chi connectivity index (χ2n) is 4.85. The van der Waals surface area contributed by atoms with E-state index in [0.29, 0.717) is 23.4 Å². The lowest BCUT2D eigenvalue weighted by Crippen LogP contribution is -2.33. The fraction of sp³-hybridized carbons (Fsp3) is 0.357. The van der Waals surface area contributed by atoms with E-state index in [0.717, 1.165) is 5.39 Å². The number of fused-ring (bicyclic) bond motifs is 1. The van der Waals surface area contributed by atoms with Gasteiger partial charge in [-0.05, 0) is 37.6 Å². The Bertz CT molecular complexity index is 651. The molecular weight excluding hydrogens is 276 g/mol. The molecule has 3 N–H and O–H groups in total. The van der Waals surface area contributed by atoms with Crippen molar-refractivity contribution in [2.45, 2.75) is 19.4 Å². The largest absolute Gasteiger partial charge is 0.451 e. The highest BCUT2D eigenvalue weighted by atomic mass is 32.2. The zero-order valence-electron chi connectivity index (χ0n) is 11.5. The van der Waals surface area contributed by atoms with Crippen LogP contribution in [0, 0.1) is 0 Å². The zero-order chi connectivity index (χ0) is 14.7. The molecule has 2 atom stereocenters. The van der Waals surface area contributed by atoms with E-state index in [2.05, 4.69) is 5.32 Å². The first-order valence-corrected chi connectivity index (χ1v) is 8.08. The highest BCUT2D eigenvalue weighted by Gasteiger charge is 2.15. The van der Waals surface area contributed by atoms with Gasteiger partial charge in [-0.1, -0.05) is 0 Å². The zero-order valence-corrected chi connectivity index (χ0v) is 12.3. The van der Waals surface area contributed by atoms with Gasteiger partial charge >= 0.3 is 0 Å². The average Bonchev–Trinajstić information content (AvgIpc) is 2.79. The molecule has 20 heavy (non-hydrogen) atoms. The molecule has 1 amide bonds. The molecule has 6 heteroatoms. The van der Waals surface area contributed by atoms with Crippen molar-refractivity contribution >= 4 is 33.4 Å². The van der Waals surface area contributed by atoms with Gasteiger partial charge in [-0.2, -0.15) is 0 Å². The second-order valence-corrected chi connectivity index (χ2v) is 6.40. The maximum atomic E-state index is 12.0. The lowest BCUT2D eigenvalue weighted by molar-refractivity contribution is 0.0913. The first kappa shape index (κ1) is 14.6. The van der Waals surface area contributed by atoms with E-state index in [9.17, 15) is 9.00 Å². The average molecular weight is 294 g/mol. The summed E-state index contributed by atoms with van der Waals surface area (Å²) in [5.74, 6) is 0.558. The Balaban J connectivity index is 2.05. The Morgan fingerprint density at radius 2 is 2.20 bits per heavy atom. The molecule has 0 spiro atoms. The third-order valence-electron chi connectivity index (χ3n) is 2.98. The Morgan fingerprint density at radius 1 is 1.45 bits per heavy atom. The molecule has 0 aliphatic carbocycles. The maximum absolute atomic E-state index is 12.0. The second kappa shape index (κ2) is 6.09. The molecule has 1 aromatic heterocycles. The van der Waals surface area contributed by atoms with Crippen LogP contribution in [-0.4, -0.2) is 28.2 Å². The number of nitrogen functional groups attached to an aromatic ring is 1. The molecule has 2 rings (SSSR count). The maximum Gasteiger partial charge on any atom is 0.287 e. The van der Waals surface area contributed by atoms with Crippen LogP contribution in [0.15, 0.2) is 28.7 Å². The van der Waals surface area contributed by atoms with Crippen molar-refractivity contribution < 1.29 is 13.4 Å². The van der Waals surface area contributed by atoms with Crippen molar-refractivity contribution in [1.82, 2.24) is 5.32 Å². The summed E-state index contributed by atoms with van der Waals surface area (Å²) in [7, 11) is -0.849. The molecule has 0 saturated heterocycles. The standard InChI is InChI=1S/C14H18N2O3S/c1-9(5-6-20(2)18)16-14(17)13-8-10-7-11(15)3-4-12(10)19-13/h3-4,7-9H,5-6,15H2,1-2H3,(H,16,17). The van der Waals surface area contributed by atoms with Crippen LogP contribution in [0.25, 0.3) is 11.0 Å². The molecule has 2 aromatic rings. The number of nitrogens with two attached hydrogens (primary N) is 1. The topological polar surface area (TPSA) is 85.3 Å². The highest BCUT2D eigenvalue weighted by molar-refractivity contribution is 7.84. The van der Waals surface area contributed by atoms with Crippen LogP contribution in [0.2, 0.25) is 0 Å². The molecule has 0 saturated carbocycles. The Morgan fingerprint density at radius 3 is 2.90 bits per heavy atom. The lowest BCUT2D eigenvalue weighted by atomic mass is 10.2. The summed E-state index contributed by atoms with van der Waals surface area (Å²) < 4.78 is 16.5. The normalized spacial score (nSPS) is 14.1. The molecule has 1 aromatic carbocycles. The van der Waals surface area contributed by atoms with Crippen LogP contribution in [0.1, 0.15) is 23.9 Å². The smallest absolute Gasteiger partial charge is 0.287 e. The highest BCUT2D eigenvalue weighted by Crippen LogP contribution is 2.21. The number of nitrogens with one attached hydrogen (secondary N) is 1. The van der Waals surface area contributed by atoms with Crippen molar-refractivity contribution in [2.24, 2.45) is 0 Å². The van der Waals surface area contributed by atoms with Crippen LogP contribution in [0.4, 0.5) is 5.69 Å². The number of carbonyl (C=O) groups is 1. The van der Waals surface area contributed by atoms with Crippen molar-refractivity contribution in [1.29, 1.82) is 0 Å². The van der Waals surface area contributed by atoms with Gasteiger partial charge in [-0.3, -0.25) is 9.00 Å².